The fraction of sp³-hybridized carbons (Fsp3) is 0.500. The van der Waals surface area contributed by atoms with E-state index < -0.39 is 14.9 Å². The molecule has 0 heterocycles. The minimum atomic E-state index is -3.72. The van der Waals surface area contributed by atoms with Crippen LogP contribution in [0, 0.1) is 10.1 Å². The summed E-state index contributed by atoms with van der Waals surface area (Å²) in [7, 11) is -2.29. The average molecular weight is 317 g/mol. The molecule has 0 aliphatic rings. The number of anilines is 1. The lowest BCUT2D eigenvalue weighted by atomic mass is 10.2. The summed E-state index contributed by atoms with van der Waals surface area (Å²) in [5.74, 6) is 0. The SMILES string of the molecule is CN(CCCCCO)S(=O)(=O)c1ccc([N+](=O)[O-])c(N)c1. The Labute approximate surface area is 123 Å². The van der Waals surface area contributed by atoms with Crippen molar-refractivity contribution in [1.29, 1.82) is 0 Å². The molecule has 3 N–H and O–H groups in total. The summed E-state index contributed by atoms with van der Waals surface area (Å²) in [6, 6.07) is 3.35. The lowest BCUT2D eigenvalue weighted by Crippen LogP contribution is -2.28. The van der Waals surface area contributed by atoms with Crippen molar-refractivity contribution in [3.63, 3.8) is 0 Å². The monoisotopic (exact) mass is 317 g/mol. The molecule has 118 valence electrons. The van der Waals surface area contributed by atoms with Crippen molar-refractivity contribution in [3.8, 4) is 0 Å². The molecule has 1 aromatic carbocycles. The lowest BCUT2D eigenvalue weighted by Gasteiger charge is -2.17. The van der Waals surface area contributed by atoms with Crippen molar-refractivity contribution in [2.75, 3.05) is 25.9 Å². The standard InChI is InChI=1S/C12H19N3O5S/c1-14(7-3-2-4-8-16)21(19,20)10-5-6-12(15(17)18)11(13)9-10/h5-6,9,16H,2-4,7-8,13H2,1H3. The van der Waals surface area contributed by atoms with Crippen LogP contribution in [0.3, 0.4) is 0 Å². The molecular formula is C12H19N3O5S. The van der Waals surface area contributed by atoms with Gasteiger partial charge in [0, 0.05) is 26.3 Å². The first-order chi connectivity index (χ1) is 9.80. The zero-order valence-corrected chi connectivity index (χ0v) is 12.5. The number of rotatable bonds is 8. The second-order valence-electron chi connectivity index (χ2n) is 4.59. The van der Waals surface area contributed by atoms with Crippen LogP contribution in [-0.2, 0) is 10.0 Å². The van der Waals surface area contributed by atoms with Crippen LogP contribution in [0.15, 0.2) is 23.1 Å². The van der Waals surface area contributed by atoms with Gasteiger partial charge in [-0.1, -0.05) is 0 Å². The summed E-state index contributed by atoms with van der Waals surface area (Å²) in [6.07, 6.45) is 1.97. The van der Waals surface area contributed by atoms with Gasteiger partial charge in [-0.25, -0.2) is 12.7 Å². The van der Waals surface area contributed by atoms with Crippen molar-refractivity contribution >= 4 is 21.4 Å². The van der Waals surface area contributed by atoms with E-state index in [0.717, 1.165) is 18.6 Å². The van der Waals surface area contributed by atoms with Crippen LogP contribution in [-0.4, -0.2) is 43.0 Å². The number of hydrogen-bond donors (Lipinski definition) is 2. The molecule has 0 aromatic heterocycles. The van der Waals surface area contributed by atoms with Crippen LogP contribution in [0.5, 0.6) is 0 Å². The minimum Gasteiger partial charge on any atom is -0.396 e. The normalized spacial score (nSPS) is 11.8. The molecule has 0 saturated heterocycles. The molecule has 0 saturated carbocycles. The van der Waals surface area contributed by atoms with Crippen molar-refractivity contribution in [1.82, 2.24) is 4.31 Å². The third-order valence-corrected chi connectivity index (χ3v) is 4.89. The number of nitro benzene ring substituents is 1. The molecule has 1 rings (SSSR count). The van der Waals surface area contributed by atoms with E-state index in [-0.39, 0.29) is 22.9 Å². The molecule has 8 nitrogen and oxygen atoms in total. The van der Waals surface area contributed by atoms with Crippen molar-refractivity contribution in [2.24, 2.45) is 0 Å². The highest BCUT2D eigenvalue weighted by Crippen LogP contribution is 2.25. The molecular weight excluding hydrogens is 298 g/mol. The summed E-state index contributed by atoms with van der Waals surface area (Å²) in [5.41, 5.74) is 5.00. The molecule has 0 aliphatic heterocycles. The second-order valence-corrected chi connectivity index (χ2v) is 6.63. The van der Waals surface area contributed by atoms with Gasteiger partial charge in [-0.2, -0.15) is 0 Å². The van der Waals surface area contributed by atoms with E-state index in [1.165, 1.54) is 17.4 Å². The smallest absolute Gasteiger partial charge is 0.292 e. The first kappa shape index (κ1) is 17.3. The first-order valence-electron chi connectivity index (χ1n) is 6.42. The fourth-order valence-corrected chi connectivity index (χ4v) is 3.03. The van der Waals surface area contributed by atoms with E-state index in [2.05, 4.69) is 0 Å². The van der Waals surface area contributed by atoms with Crippen LogP contribution in [0.2, 0.25) is 0 Å². The highest BCUT2D eigenvalue weighted by atomic mass is 32.2. The number of nitrogens with two attached hydrogens (primary N) is 1. The van der Waals surface area contributed by atoms with Gasteiger partial charge in [-0.05, 0) is 31.4 Å². The predicted octanol–water partition coefficient (Wildman–Crippen LogP) is 0.960. The number of unbranched alkanes of at least 4 members (excludes halogenated alkanes) is 2. The number of benzene rings is 1. The maximum Gasteiger partial charge on any atom is 0.292 e. The van der Waals surface area contributed by atoms with Crippen LogP contribution in [0.1, 0.15) is 19.3 Å². The summed E-state index contributed by atoms with van der Waals surface area (Å²) in [6.45, 7) is 0.384. The Morgan fingerprint density at radius 2 is 2.00 bits per heavy atom. The number of sulfonamides is 1. The fourth-order valence-electron chi connectivity index (χ4n) is 1.78. The van der Waals surface area contributed by atoms with E-state index >= 15 is 0 Å². The quantitative estimate of drug-likeness (QED) is 0.318. The maximum absolute atomic E-state index is 12.3. The largest absolute Gasteiger partial charge is 0.396 e. The Morgan fingerprint density at radius 1 is 1.33 bits per heavy atom. The minimum absolute atomic E-state index is 0.0738. The molecule has 0 amide bonds. The number of nitro groups is 1. The number of hydrogen-bond acceptors (Lipinski definition) is 6. The molecule has 21 heavy (non-hydrogen) atoms. The highest BCUT2D eigenvalue weighted by molar-refractivity contribution is 7.89. The zero-order chi connectivity index (χ0) is 16.0. The van der Waals surface area contributed by atoms with Crippen LogP contribution in [0.25, 0.3) is 0 Å². The Kier molecular flexibility index (Phi) is 6.06. The summed E-state index contributed by atoms with van der Waals surface area (Å²) < 4.78 is 25.7. The van der Waals surface area contributed by atoms with Gasteiger partial charge in [-0.15, -0.1) is 0 Å². The maximum atomic E-state index is 12.3. The predicted molar refractivity (Wildman–Crippen MR) is 78.3 cm³/mol. The Bertz CT molecular complexity index is 603. The third kappa shape index (κ3) is 4.38. The summed E-state index contributed by atoms with van der Waals surface area (Å²) in [4.78, 5) is 9.93. The van der Waals surface area contributed by atoms with E-state index in [9.17, 15) is 18.5 Å². The Hall–Kier alpha value is -1.71. The van der Waals surface area contributed by atoms with Gasteiger partial charge in [0.15, 0.2) is 0 Å². The van der Waals surface area contributed by atoms with Crippen molar-refractivity contribution in [2.45, 2.75) is 24.2 Å². The molecule has 0 fully saturated rings. The number of nitrogen functional groups attached to an aromatic ring is 1. The molecule has 9 heteroatoms. The highest BCUT2D eigenvalue weighted by Gasteiger charge is 2.23. The molecule has 0 radical (unpaired) electrons. The van der Waals surface area contributed by atoms with Gasteiger partial charge >= 0.3 is 0 Å². The lowest BCUT2D eigenvalue weighted by molar-refractivity contribution is -0.383. The summed E-state index contributed by atoms with van der Waals surface area (Å²) >= 11 is 0. The zero-order valence-electron chi connectivity index (χ0n) is 11.7. The first-order valence-corrected chi connectivity index (χ1v) is 7.86. The van der Waals surface area contributed by atoms with Crippen molar-refractivity contribution in [3.05, 3.63) is 28.3 Å². The van der Waals surface area contributed by atoms with Gasteiger partial charge in [0.25, 0.3) is 5.69 Å². The van der Waals surface area contributed by atoms with E-state index in [1.807, 2.05) is 0 Å². The molecule has 0 atom stereocenters. The molecule has 0 unspecified atom stereocenters. The van der Waals surface area contributed by atoms with Gasteiger partial charge in [0.2, 0.25) is 10.0 Å². The molecule has 0 aliphatic carbocycles. The van der Waals surface area contributed by atoms with Gasteiger partial charge in [0.05, 0.1) is 9.82 Å². The third-order valence-electron chi connectivity index (χ3n) is 3.03. The van der Waals surface area contributed by atoms with Gasteiger partial charge < -0.3 is 10.8 Å². The van der Waals surface area contributed by atoms with Crippen LogP contribution in [0.4, 0.5) is 11.4 Å². The molecule has 0 spiro atoms. The van der Waals surface area contributed by atoms with Crippen LogP contribution < -0.4 is 5.73 Å². The number of aliphatic hydroxyl groups is 1. The van der Waals surface area contributed by atoms with Gasteiger partial charge in [-0.3, -0.25) is 10.1 Å². The Balaban J connectivity index is 2.87. The average Bonchev–Trinajstić information content (AvgIpc) is 2.42. The van der Waals surface area contributed by atoms with Crippen molar-refractivity contribution < 1.29 is 18.4 Å². The number of nitrogens with zero attached hydrogens (tertiary/aromatic N) is 2. The molecule has 1 aromatic rings. The van der Waals surface area contributed by atoms with Gasteiger partial charge in [0.1, 0.15) is 5.69 Å². The Morgan fingerprint density at radius 3 is 2.52 bits per heavy atom. The van der Waals surface area contributed by atoms with Crippen LogP contribution >= 0.6 is 0 Å². The summed E-state index contributed by atoms with van der Waals surface area (Å²) in [5, 5.41) is 19.3. The number of aliphatic hydroxyl groups excluding tert-OH is 1. The van der Waals surface area contributed by atoms with E-state index in [4.69, 9.17) is 10.8 Å². The van der Waals surface area contributed by atoms with E-state index in [0.29, 0.717) is 19.4 Å². The van der Waals surface area contributed by atoms with E-state index in [1.54, 1.807) is 0 Å². The topological polar surface area (TPSA) is 127 Å². The molecule has 0 bridgehead atoms. The second kappa shape index (κ2) is 7.34.